The highest BCUT2D eigenvalue weighted by atomic mass is 33.1. The summed E-state index contributed by atoms with van der Waals surface area (Å²) >= 11 is 0. The second-order valence-corrected chi connectivity index (χ2v) is 5.95. The van der Waals surface area contributed by atoms with Crippen LogP contribution < -0.4 is 0 Å². The molecule has 4 heteroatoms. The van der Waals surface area contributed by atoms with Crippen molar-refractivity contribution in [2.75, 3.05) is 17.3 Å². The van der Waals surface area contributed by atoms with Crippen LogP contribution in [0.15, 0.2) is 12.7 Å². The number of rotatable bonds is 6. The third-order valence-electron chi connectivity index (χ3n) is 1.02. The van der Waals surface area contributed by atoms with Crippen LogP contribution in [0.1, 0.15) is 13.3 Å². The Morgan fingerprint density at radius 2 is 2.38 bits per heavy atom. The topological polar surface area (TPSA) is 17.1 Å². The third kappa shape index (κ3) is 10.1. The summed E-state index contributed by atoms with van der Waals surface area (Å²) in [6, 6.07) is 0. The summed E-state index contributed by atoms with van der Waals surface area (Å²) in [6.45, 7) is 5.63. The Bertz CT molecular complexity index is 215. The smallest absolute Gasteiger partial charge is 0.0856 e. The Kier molecular flexibility index (Phi) is 10.4. The largest absolute Gasteiger partial charge is 0.259 e. The molecule has 0 bridgehead atoms. The first-order valence-electron chi connectivity index (χ1n) is 4.03. The average Bonchev–Trinajstić information content (AvgIpc) is 2.11. The quantitative estimate of drug-likeness (QED) is 0.304. The Labute approximate surface area is 91.0 Å². The van der Waals surface area contributed by atoms with E-state index in [1.54, 1.807) is 10.8 Å². The summed E-state index contributed by atoms with van der Waals surface area (Å²) in [4.78, 5) is 0. The van der Waals surface area contributed by atoms with Gasteiger partial charge in [0.25, 0.3) is 0 Å². The van der Waals surface area contributed by atoms with Crippen molar-refractivity contribution >= 4 is 32.4 Å². The standard InChI is InChI=1S/C9H14OS3/c1-3-6-11-12-7-5-9-13(10)8-4-2/h3H,1,4,6,8-9H2,2H3. The lowest BCUT2D eigenvalue weighted by Gasteiger charge is -1.90. The lowest BCUT2D eigenvalue weighted by Crippen LogP contribution is -1.98. The SMILES string of the molecule is C=CCSSC#CCS(=O)CCC. The molecule has 1 unspecified atom stereocenters. The fraction of sp³-hybridized carbons (Fsp3) is 0.556. The summed E-state index contributed by atoms with van der Waals surface area (Å²) in [5.74, 6) is 5.06. The van der Waals surface area contributed by atoms with Crippen LogP contribution in [-0.2, 0) is 10.8 Å². The van der Waals surface area contributed by atoms with Gasteiger partial charge in [-0.25, -0.2) is 0 Å². The molecule has 0 radical (unpaired) electrons. The van der Waals surface area contributed by atoms with E-state index in [1.165, 1.54) is 10.8 Å². The van der Waals surface area contributed by atoms with Gasteiger partial charge in [0.15, 0.2) is 0 Å². The molecule has 0 aliphatic rings. The molecule has 0 saturated carbocycles. The van der Waals surface area contributed by atoms with Gasteiger partial charge in [0, 0.05) is 22.3 Å². The molecule has 0 aromatic heterocycles. The molecule has 0 aromatic carbocycles. The van der Waals surface area contributed by atoms with Crippen molar-refractivity contribution < 1.29 is 4.21 Å². The maximum atomic E-state index is 11.1. The van der Waals surface area contributed by atoms with Gasteiger partial charge in [-0.15, -0.1) is 6.58 Å². The summed E-state index contributed by atoms with van der Waals surface area (Å²) < 4.78 is 11.1. The highest BCUT2D eigenvalue weighted by molar-refractivity contribution is 8.78. The van der Waals surface area contributed by atoms with Crippen LogP contribution in [0, 0.1) is 11.2 Å². The van der Waals surface area contributed by atoms with E-state index in [2.05, 4.69) is 17.8 Å². The van der Waals surface area contributed by atoms with Crippen molar-refractivity contribution in [2.24, 2.45) is 0 Å². The van der Waals surface area contributed by atoms with Gasteiger partial charge in [0.1, 0.15) is 0 Å². The lowest BCUT2D eigenvalue weighted by atomic mass is 10.6. The summed E-state index contributed by atoms with van der Waals surface area (Å²) in [6.07, 6.45) is 2.81. The summed E-state index contributed by atoms with van der Waals surface area (Å²) in [7, 11) is 2.39. The molecular formula is C9H14OS3. The first kappa shape index (κ1) is 13.2. The van der Waals surface area contributed by atoms with Crippen LogP contribution in [0.4, 0.5) is 0 Å². The minimum atomic E-state index is -0.744. The van der Waals surface area contributed by atoms with Crippen molar-refractivity contribution in [1.29, 1.82) is 0 Å². The van der Waals surface area contributed by atoms with Gasteiger partial charge in [-0.1, -0.05) is 29.7 Å². The minimum absolute atomic E-state index is 0.509. The van der Waals surface area contributed by atoms with Crippen LogP contribution in [0.2, 0.25) is 0 Å². The fourth-order valence-corrected chi connectivity index (χ4v) is 2.68. The number of hydrogen-bond donors (Lipinski definition) is 0. The predicted octanol–water partition coefficient (Wildman–Crippen LogP) is 2.67. The van der Waals surface area contributed by atoms with E-state index in [1.807, 2.05) is 13.0 Å². The van der Waals surface area contributed by atoms with Crippen LogP contribution in [0.25, 0.3) is 0 Å². The van der Waals surface area contributed by atoms with Crippen LogP contribution in [0.5, 0.6) is 0 Å². The first-order valence-corrected chi connectivity index (χ1v) is 7.84. The van der Waals surface area contributed by atoms with E-state index in [9.17, 15) is 4.21 Å². The molecule has 0 N–H and O–H groups in total. The molecular weight excluding hydrogens is 220 g/mol. The Hall–Kier alpha value is 0.150. The zero-order chi connectivity index (χ0) is 9.94. The summed E-state index contributed by atoms with van der Waals surface area (Å²) in [5, 5.41) is 2.90. The third-order valence-corrected chi connectivity index (χ3v) is 4.08. The molecule has 13 heavy (non-hydrogen) atoms. The van der Waals surface area contributed by atoms with Gasteiger partial charge >= 0.3 is 0 Å². The molecule has 0 fully saturated rings. The molecule has 0 aliphatic heterocycles. The van der Waals surface area contributed by atoms with Gasteiger partial charge in [-0.3, -0.25) is 4.21 Å². The zero-order valence-corrected chi connectivity index (χ0v) is 10.2. The summed E-state index contributed by atoms with van der Waals surface area (Å²) in [5.41, 5.74) is 0. The van der Waals surface area contributed by atoms with Crippen LogP contribution >= 0.6 is 21.6 Å². The molecule has 0 aromatic rings. The average molecular weight is 234 g/mol. The molecule has 0 aliphatic carbocycles. The van der Waals surface area contributed by atoms with E-state index >= 15 is 0 Å². The van der Waals surface area contributed by atoms with Gasteiger partial charge in [0.05, 0.1) is 5.75 Å². The van der Waals surface area contributed by atoms with Gasteiger partial charge in [-0.2, -0.15) is 0 Å². The van der Waals surface area contributed by atoms with Crippen molar-refractivity contribution in [1.82, 2.24) is 0 Å². The molecule has 74 valence electrons. The van der Waals surface area contributed by atoms with Crippen molar-refractivity contribution in [2.45, 2.75) is 13.3 Å². The van der Waals surface area contributed by atoms with E-state index < -0.39 is 10.8 Å². The predicted molar refractivity (Wildman–Crippen MR) is 66.2 cm³/mol. The molecule has 0 saturated heterocycles. The maximum Gasteiger partial charge on any atom is 0.0856 e. The highest BCUT2D eigenvalue weighted by Gasteiger charge is 1.92. The second kappa shape index (κ2) is 10.2. The van der Waals surface area contributed by atoms with Crippen LogP contribution in [-0.4, -0.2) is 21.5 Å². The van der Waals surface area contributed by atoms with Crippen molar-refractivity contribution in [3.63, 3.8) is 0 Å². The van der Waals surface area contributed by atoms with Crippen molar-refractivity contribution in [3.05, 3.63) is 12.7 Å². The second-order valence-electron chi connectivity index (χ2n) is 2.22. The monoisotopic (exact) mass is 234 g/mol. The lowest BCUT2D eigenvalue weighted by molar-refractivity contribution is 0.684. The Morgan fingerprint density at radius 1 is 1.62 bits per heavy atom. The molecule has 0 spiro atoms. The Balaban J connectivity index is 3.38. The highest BCUT2D eigenvalue weighted by Crippen LogP contribution is 2.18. The fourth-order valence-electron chi connectivity index (χ4n) is 0.551. The molecule has 1 atom stereocenters. The molecule has 0 amide bonds. The van der Waals surface area contributed by atoms with Gasteiger partial charge in [-0.05, 0) is 22.5 Å². The molecule has 0 heterocycles. The van der Waals surface area contributed by atoms with E-state index in [0.717, 1.165) is 17.9 Å². The van der Waals surface area contributed by atoms with Gasteiger partial charge in [0.2, 0.25) is 0 Å². The van der Waals surface area contributed by atoms with Crippen LogP contribution in [0.3, 0.4) is 0 Å². The van der Waals surface area contributed by atoms with E-state index in [4.69, 9.17) is 0 Å². The first-order chi connectivity index (χ1) is 6.31. The Morgan fingerprint density at radius 3 is 3.00 bits per heavy atom. The van der Waals surface area contributed by atoms with Gasteiger partial charge < -0.3 is 0 Å². The van der Waals surface area contributed by atoms with E-state index in [-0.39, 0.29) is 0 Å². The minimum Gasteiger partial charge on any atom is -0.259 e. The number of hydrogen-bond acceptors (Lipinski definition) is 3. The molecule has 1 nitrogen and oxygen atoms in total. The zero-order valence-electron chi connectivity index (χ0n) is 7.75. The molecule has 0 rings (SSSR count). The maximum absolute atomic E-state index is 11.1. The van der Waals surface area contributed by atoms with Crippen molar-refractivity contribution in [3.8, 4) is 11.2 Å². The normalized spacial score (nSPS) is 11.5. The van der Waals surface area contributed by atoms with E-state index in [0.29, 0.717) is 5.75 Å².